The number of hydrogen-bond acceptors (Lipinski definition) is 6. The van der Waals surface area contributed by atoms with Gasteiger partial charge in [-0.1, -0.05) is 19.9 Å². The number of hydrogen-bond donors (Lipinski definition) is 0. The van der Waals surface area contributed by atoms with Gasteiger partial charge in [0, 0.05) is 37.9 Å². The second kappa shape index (κ2) is 6.39. The maximum atomic E-state index is 12.0. The Morgan fingerprint density at radius 1 is 1.31 bits per heavy atom. The molecular weight excluding hydrogens is 356 g/mol. The number of para-hydroxylation sites is 1. The molecule has 26 heavy (non-hydrogen) atoms. The Morgan fingerprint density at radius 3 is 2.58 bits per heavy atom. The zero-order chi connectivity index (χ0) is 19.2. The standard InChI is InChI=1S/C17H22N4O4S/c1-11(2)17-18-12-10-20(9-8-13(12)19(17)3)14-6-5-7-15(26(4,24)25)16(14)21(22)23/h5-7,11H,8-10H2,1-4H3. The molecule has 1 aromatic carbocycles. The maximum Gasteiger partial charge on any atom is 0.311 e. The second-order valence-corrected chi connectivity index (χ2v) is 8.89. The predicted octanol–water partition coefficient (Wildman–Crippen LogP) is 2.42. The summed E-state index contributed by atoms with van der Waals surface area (Å²) in [6.07, 6.45) is 1.69. The third kappa shape index (κ3) is 3.07. The van der Waals surface area contributed by atoms with Crippen LogP contribution in [-0.4, -0.2) is 35.7 Å². The number of benzene rings is 1. The summed E-state index contributed by atoms with van der Waals surface area (Å²) in [5, 5.41) is 11.6. The molecule has 140 valence electrons. The van der Waals surface area contributed by atoms with Crippen molar-refractivity contribution in [2.75, 3.05) is 17.7 Å². The lowest BCUT2D eigenvalue weighted by atomic mass is 10.1. The van der Waals surface area contributed by atoms with Crippen LogP contribution in [0.4, 0.5) is 11.4 Å². The summed E-state index contributed by atoms with van der Waals surface area (Å²) in [6, 6.07) is 4.43. The van der Waals surface area contributed by atoms with Gasteiger partial charge in [0.25, 0.3) is 0 Å². The topological polar surface area (TPSA) is 98.3 Å². The van der Waals surface area contributed by atoms with E-state index in [-0.39, 0.29) is 16.5 Å². The predicted molar refractivity (Wildman–Crippen MR) is 98.3 cm³/mol. The van der Waals surface area contributed by atoms with Crippen LogP contribution >= 0.6 is 0 Å². The molecule has 9 heteroatoms. The number of nitro groups is 1. The van der Waals surface area contributed by atoms with Crippen LogP contribution in [0.15, 0.2) is 23.1 Å². The second-order valence-electron chi connectivity index (χ2n) is 6.90. The van der Waals surface area contributed by atoms with Gasteiger partial charge in [0.2, 0.25) is 0 Å². The summed E-state index contributed by atoms with van der Waals surface area (Å²) in [6.45, 7) is 5.14. The number of imidazole rings is 1. The fourth-order valence-electron chi connectivity index (χ4n) is 3.52. The number of anilines is 1. The van der Waals surface area contributed by atoms with E-state index in [1.807, 2.05) is 11.9 Å². The minimum absolute atomic E-state index is 0.255. The average Bonchev–Trinajstić information content (AvgIpc) is 2.90. The van der Waals surface area contributed by atoms with Crippen LogP contribution in [0, 0.1) is 10.1 Å². The van der Waals surface area contributed by atoms with Crippen LogP contribution in [0.5, 0.6) is 0 Å². The fourth-order valence-corrected chi connectivity index (χ4v) is 4.38. The Labute approximate surface area is 152 Å². The van der Waals surface area contributed by atoms with Gasteiger partial charge in [0.05, 0.1) is 17.2 Å². The highest BCUT2D eigenvalue weighted by Crippen LogP contribution is 2.37. The van der Waals surface area contributed by atoms with E-state index in [0.29, 0.717) is 25.2 Å². The lowest BCUT2D eigenvalue weighted by Crippen LogP contribution is -2.31. The minimum Gasteiger partial charge on any atom is -0.360 e. The molecule has 0 atom stereocenters. The highest BCUT2D eigenvalue weighted by atomic mass is 32.2. The molecule has 8 nitrogen and oxygen atoms in total. The van der Waals surface area contributed by atoms with E-state index in [0.717, 1.165) is 23.5 Å². The van der Waals surface area contributed by atoms with Crippen LogP contribution in [0.2, 0.25) is 0 Å². The van der Waals surface area contributed by atoms with Crippen molar-refractivity contribution in [2.24, 2.45) is 7.05 Å². The van der Waals surface area contributed by atoms with Crippen LogP contribution < -0.4 is 4.90 Å². The van der Waals surface area contributed by atoms with Gasteiger partial charge >= 0.3 is 5.69 Å². The molecule has 0 amide bonds. The molecule has 0 N–H and O–H groups in total. The largest absolute Gasteiger partial charge is 0.360 e. The Balaban J connectivity index is 2.07. The van der Waals surface area contributed by atoms with Crippen molar-refractivity contribution in [3.63, 3.8) is 0 Å². The summed E-state index contributed by atoms with van der Waals surface area (Å²) >= 11 is 0. The Morgan fingerprint density at radius 2 is 2.00 bits per heavy atom. The first kappa shape index (κ1) is 18.4. The lowest BCUT2D eigenvalue weighted by Gasteiger charge is -2.28. The Kier molecular flexibility index (Phi) is 4.51. The van der Waals surface area contributed by atoms with E-state index in [2.05, 4.69) is 18.4 Å². The first-order valence-electron chi connectivity index (χ1n) is 8.38. The molecule has 0 radical (unpaired) electrons. The third-order valence-corrected chi connectivity index (χ3v) is 5.84. The first-order valence-corrected chi connectivity index (χ1v) is 10.3. The molecule has 1 aromatic heterocycles. The summed E-state index contributed by atoms with van der Waals surface area (Å²) < 4.78 is 26.0. The summed E-state index contributed by atoms with van der Waals surface area (Å²) in [7, 11) is -1.71. The van der Waals surface area contributed by atoms with Crippen molar-refractivity contribution in [3.8, 4) is 0 Å². The molecule has 0 fully saturated rings. The van der Waals surface area contributed by atoms with E-state index in [1.54, 1.807) is 12.1 Å². The maximum absolute atomic E-state index is 12.0. The fraction of sp³-hybridized carbons (Fsp3) is 0.471. The zero-order valence-corrected chi connectivity index (χ0v) is 16.1. The molecule has 2 aromatic rings. The molecule has 1 aliphatic rings. The number of nitro benzene ring substituents is 1. The molecule has 0 saturated heterocycles. The molecule has 0 aliphatic carbocycles. The number of aromatic nitrogens is 2. The quantitative estimate of drug-likeness (QED) is 0.598. The SMILES string of the molecule is CC(C)c1nc2c(n1C)CCN(c1cccc(S(C)(=O)=O)c1[N+](=O)[O-])C2. The van der Waals surface area contributed by atoms with Crippen molar-refractivity contribution >= 4 is 21.2 Å². The van der Waals surface area contributed by atoms with E-state index >= 15 is 0 Å². The molecule has 2 heterocycles. The molecular formula is C17H22N4O4S. The monoisotopic (exact) mass is 378 g/mol. The van der Waals surface area contributed by atoms with Crippen molar-refractivity contribution in [2.45, 2.75) is 37.6 Å². The molecule has 0 saturated carbocycles. The first-order chi connectivity index (χ1) is 12.1. The van der Waals surface area contributed by atoms with E-state index < -0.39 is 14.8 Å². The number of fused-ring (bicyclic) bond motifs is 1. The third-order valence-electron chi connectivity index (χ3n) is 4.71. The van der Waals surface area contributed by atoms with Crippen molar-refractivity contribution < 1.29 is 13.3 Å². The van der Waals surface area contributed by atoms with Crippen molar-refractivity contribution in [3.05, 3.63) is 45.5 Å². The van der Waals surface area contributed by atoms with Crippen LogP contribution in [0.1, 0.15) is 37.0 Å². The number of rotatable bonds is 4. The van der Waals surface area contributed by atoms with Gasteiger partial charge in [-0.3, -0.25) is 10.1 Å². The van der Waals surface area contributed by atoms with Crippen LogP contribution in [-0.2, 0) is 29.9 Å². The summed E-state index contributed by atoms with van der Waals surface area (Å²) in [4.78, 5) is 17.3. The normalized spacial score (nSPS) is 14.6. The smallest absolute Gasteiger partial charge is 0.311 e. The summed E-state index contributed by atoms with van der Waals surface area (Å²) in [5.74, 6) is 1.26. The lowest BCUT2D eigenvalue weighted by molar-refractivity contribution is -0.387. The van der Waals surface area contributed by atoms with Crippen molar-refractivity contribution in [1.29, 1.82) is 0 Å². The van der Waals surface area contributed by atoms with Gasteiger partial charge < -0.3 is 9.47 Å². The Hall–Kier alpha value is -2.42. The molecule has 0 unspecified atom stereocenters. The molecule has 0 bridgehead atoms. The van der Waals surface area contributed by atoms with Crippen molar-refractivity contribution in [1.82, 2.24) is 9.55 Å². The molecule has 0 spiro atoms. The van der Waals surface area contributed by atoms with Gasteiger partial charge in [-0.15, -0.1) is 0 Å². The van der Waals surface area contributed by atoms with Crippen LogP contribution in [0.25, 0.3) is 0 Å². The van der Waals surface area contributed by atoms with Gasteiger partial charge in [0.15, 0.2) is 9.84 Å². The van der Waals surface area contributed by atoms with E-state index in [4.69, 9.17) is 4.98 Å². The minimum atomic E-state index is -3.70. The average molecular weight is 378 g/mol. The van der Waals surface area contributed by atoms with E-state index in [1.165, 1.54) is 6.07 Å². The van der Waals surface area contributed by atoms with Crippen LogP contribution in [0.3, 0.4) is 0 Å². The zero-order valence-electron chi connectivity index (χ0n) is 15.3. The number of sulfone groups is 1. The van der Waals surface area contributed by atoms with Gasteiger partial charge in [-0.25, -0.2) is 13.4 Å². The van der Waals surface area contributed by atoms with Gasteiger partial charge in [-0.2, -0.15) is 0 Å². The van der Waals surface area contributed by atoms with Gasteiger partial charge in [-0.05, 0) is 12.1 Å². The highest BCUT2D eigenvalue weighted by Gasteiger charge is 2.31. The molecule has 3 rings (SSSR count). The van der Waals surface area contributed by atoms with E-state index in [9.17, 15) is 18.5 Å². The highest BCUT2D eigenvalue weighted by molar-refractivity contribution is 7.90. The molecule has 1 aliphatic heterocycles. The summed E-state index contributed by atoms with van der Waals surface area (Å²) in [5.41, 5.74) is 1.98. The Bertz CT molecular complexity index is 979. The van der Waals surface area contributed by atoms with Gasteiger partial charge in [0.1, 0.15) is 16.4 Å². The number of nitrogens with zero attached hydrogens (tertiary/aromatic N) is 4.